The number of imidazole rings is 1. The zero-order chi connectivity index (χ0) is 13.5. The summed E-state index contributed by atoms with van der Waals surface area (Å²) in [6.07, 6.45) is 10.4. The van der Waals surface area contributed by atoms with E-state index < -0.39 is 0 Å². The molecule has 0 unspecified atom stereocenters. The van der Waals surface area contributed by atoms with Gasteiger partial charge in [-0.1, -0.05) is 12.8 Å². The second-order valence-electron chi connectivity index (χ2n) is 4.64. The Labute approximate surface area is 113 Å². The van der Waals surface area contributed by atoms with Crippen molar-refractivity contribution in [2.24, 2.45) is 0 Å². The zero-order valence-electron chi connectivity index (χ0n) is 11.3. The molecule has 0 saturated heterocycles. The molecule has 2 aromatic heterocycles. The van der Waals surface area contributed by atoms with Gasteiger partial charge in [0, 0.05) is 26.2 Å². The Morgan fingerprint density at radius 1 is 1.32 bits per heavy atom. The summed E-state index contributed by atoms with van der Waals surface area (Å²) < 4.78 is 2.14. The van der Waals surface area contributed by atoms with Crippen LogP contribution in [0.3, 0.4) is 0 Å². The molecular formula is C14H20N4O. The van der Waals surface area contributed by atoms with Crippen molar-refractivity contribution in [3.8, 4) is 0 Å². The number of amides is 1. The molecule has 0 saturated carbocycles. The van der Waals surface area contributed by atoms with Crippen molar-refractivity contribution in [3.63, 3.8) is 0 Å². The van der Waals surface area contributed by atoms with Crippen LogP contribution < -0.4 is 5.32 Å². The fourth-order valence-electron chi connectivity index (χ4n) is 2.13. The van der Waals surface area contributed by atoms with Crippen LogP contribution in [-0.4, -0.2) is 27.5 Å². The number of carbonyl (C=O) groups excluding carboxylic acids is 1. The van der Waals surface area contributed by atoms with Crippen molar-refractivity contribution in [1.82, 2.24) is 19.9 Å². The Morgan fingerprint density at radius 2 is 2.16 bits per heavy atom. The molecule has 102 valence electrons. The van der Waals surface area contributed by atoms with E-state index >= 15 is 0 Å². The molecule has 0 spiro atoms. The highest BCUT2D eigenvalue weighted by Gasteiger charge is 2.02. The molecule has 1 N–H and O–H groups in total. The molecule has 2 aromatic rings. The van der Waals surface area contributed by atoms with Crippen molar-refractivity contribution in [3.05, 3.63) is 24.8 Å². The maximum absolute atomic E-state index is 11.0. The smallest absolute Gasteiger partial charge is 0.219 e. The lowest BCUT2D eigenvalue weighted by Crippen LogP contribution is -2.16. The van der Waals surface area contributed by atoms with Crippen LogP contribution in [0.4, 0.5) is 0 Å². The van der Waals surface area contributed by atoms with Gasteiger partial charge in [0.25, 0.3) is 0 Å². The van der Waals surface area contributed by atoms with Gasteiger partial charge in [-0.05, 0) is 18.9 Å². The molecule has 0 aliphatic rings. The van der Waals surface area contributed by atoms with Gasteiger partial charge in [0.1, 0.15) is 0 Å². The number of rotatable bonds is 7. The lowest BCUT2D eigenvalue weighted by Gasteiger charge is -2.04. The van der Waals surface area contributed by atoms with E-state index in [0.29, 0.717) is 6.42 Å². The van der Waals surface area contributed by atoms with E-state index in [-0.39, 0.29) is 5.91 Å². The van der Waals surface area contributed by atoms with Gasteiger partial charge in [0.2, 0.25) is 5.91 Å². The number of nitrogens with zero attached hydrogens (tertiary/aromatic N) is 3. The predicted octanol–water partition coefficient (Wildman–Crippen LogP) is 2.13. The Kier molecular flexibility index (Phi) is 4.89. The molecule has 2 rings (SSSR count). The number of carbonyl (C=O) groups is 1. The molecular weight excluding hydrogens is 240 g/mol. The minimum Gasteiger partial charge on any atom is -0.359 e. The molecule has 0 radical (unpaired) electrons. The molecule has 0 fully saturated rings. The number of hydrogen-bond donors (Lipinski definition) is 1. The molecule has 1 amide bonds. The fourth-order valence-corrected chi connectivity index (χ4v) is 2.13. The second kappa shape index (κ2) is 6.87. The number of hydrogen-bond acceptors (Lipinski definition) is 3. The van der Waals surface area contributed by atoms with Gasteiger partial charge in [-0.25, -0.2) is 4.98 Å². The predicted molar refractivity (Wildman–Crippen MR) is 74.7 cm³/mol. The number of unbranched alkanes of at least 4 members (excludes halogenated alkanes) is 3. The lowest BCUT2D eigenvalue weighted by molar-refractivity contribution is -0.120. The van der Waals surface area contributed by atoms with E-state index in [2.05, 4.69) is 19.9 Å². The average Bonchev–Trinajstić information content (AvgIpc) is 2.85. The van der Waals surface area contributed by atoms with E-state index in [4.69, 9.17) is 0 Å². The summed E-state index contributed by atoms with van der Waals surface area (Å²) in [6.45, 7) is 0.960. The quantitative estimate of drug-likeness (QED) is 0.776. The molecule has 0 aromatic carbocycles. The van der Waals surface area contributed by atoms with Crippen LogP contribution in [0, 0.1) is 0 Å². The van der Waals surface area contributed by atoms with E-state index in [0.717, 1.165) is 43.3 Å². The molecule has 0 aliphatic carbocycles. The summed E-state index contributed by atoms with van der Waals surface area (Å²) in [5.41, 5.74) is 2.09. The highest BCUT2D eigenvalue weighted by molar-refractivity contribution is 5.75. The number of fused-ring (bicyclic) bond motifs is 1. The molecule has 0 aliphatic heterocycles. The van der Waals surface area contributed by atoms with E-state index in [1.54, 1.807) is 13.2 Å². The van der Waals surface area contributed by atoms with Gasteiger partial charge in [-0.2, -0.15) is 0 Å². The molecule has 5 nitrogen and oxygen atoms in total. The van der Waals surface area contributed by atoms with Gasteiger partial charge >= 0.3 is 0 Å². The Morgan fingerprint density at radius 3 is 3.00 bits per heavy atom. The highest BCUT2D eigenvalue weighted by atomic mass is 16.1. The highest BCUT2D eigenvalue weighted by Crippen LogP contribution is 2.12. The summed E-state index contributed by atoms with van der Waals surface area (Å²) in [5.74, 6) is 0.131. The summed E-state index contributed by atoms with van der Waals surface area (Å²) in [5, 5.41) is 2.64. The van der Waals surface area contributed by atoms with Crippen molar-refractivity contribution in [2.75, 3.05) is 7.05 Å². The largest absolute Gasteiger partial charge is 0.359 e. The van der Waals surface area contributed by atoms with Crippen LogP contribution in [0.1, 0.15) is 32.1 Å². The van der Waals surface area contributed by atoms with E-state index in [1.807, 2.05) is 18.6 Å². The molecule has 0 bridgehead atoms. The van der Waals surface area contributed by atoms with E-state index in [1.165, 1.54) is 0 Å². The number of pyridine rings is 1. The Balaban J connectivity index is 1.70. The average molecular weight is 260 g/mol. The van der Waals surface area contributed by atoms with Gasteiger partial charge in [0.05, 0.1) is 23.6 Å². The van der Waals surface area contributed by atoms with Crippen molar-refractivity contribution in [2.45, 2.75) is 38.6 Å². The molecule has 5 heteroatoms. The van der Waals surface area contributed by atoms with Crippen molar-refractivity contribution < 1.29 is 4.79 Å². The van der Waals surface area contributed by atoms with Crippen LogP contribution in [0.15, 0.2) is 24.8 Å². The number of aromatic nitrogens is 3. The third kappa shape index (κ3) is 3.77. The summed E-state index contributed by atoms with van der Waals surface area (Å²) >= 11 is 0. The molecule has 19 heavy (non-hydrogen) atoms. The van der Waals surface area contributed by atoms with Gasteiger partial charge in [-0.3, -0.25) is 9.78 Å². The first-order chi connectivity index (χ1) is 9.31. The van der Waals surface area contributed by atoms with Crippen molar-refractivity contribution in [1.29, 1.82) is 0 Å². The lowest BCUT2D eigenvalue weighted by atomic mass is 10.1. The Hall–Kier alpha value is -1.91. The third-order valence-electron chi connectivity index (χ3n) is 3.26. The van der Waals surface area contributed by atoms with E-state index in [9.17, 15) is 4.79 Å². The summed E-state index contributed by atoms with van der Waals surface area (Å²) in [4.78, 5) is 19.5. The number of nitrogens with one attached hydrogen (secondary N) is 1. The third-order valence-corrected chi connectivity index (χ3v) is 3.26. The van der Waals surface area contributed by atoms with Crippen LogP contribution in [-0.2, 0) is 11.3 Å². The van der Waals surface area contributed by atoms with Crippen LogP contribution in [0.25, 0.3) is 11.0 Å². The zero-order valence-corrected chi connectivity index (χ0v) is 11.3. The summed E-state index contributed by atoms with van der Waals surface area (Å²) in [7, 11) is 1.68. The fraction of sp³-hybridized carbons (Fsp3) is 0.500. The first-order valence-corrected chi connectivity index (χ1v) is 6.76. The van der Waals surface area contributed by atoms with Gasteiger partial charge in [0.15, 0.2) is 0 Å². The van der Waals surface area contributed by atoms with Crippen LogP contribution >= 0.6 is 0 Å². The van der Waals surface area contributed by atoms with Crippen LogP contribution in [0.5, 0.6) is 0 Å². The monoisotopic (exact) mass is 260 g/mol. The minimum absolute atomic E-state index is 0.131. The maximum atomic E-state index is 11.0. The molecule has 2 heterocycles. The first-order valence-electron chi connectivity index (χ1n) is 6.76. The topological polar surface area (TPSA) is 59.8 Å². The second-order valence-corrected chi connectivity index (χ2v) is 4.64. The molecule has 0 atom stereocenters. The van der Waals surface area contributed by atoms with Crippen molar-refractivity contribution >= 4 is 16.9 Å². The maximum Gasteiger partial charge on any atom is 0.219 e. The minimum atomic E-state index is 0.131. The van der Waals surface area contributed by atoms with Gasteiger partial charge < -0.3 is 9.88 Å². The normalized spacial score (nSPS) is 10.8. The summed E-state index contributed by atoms with van der Waals surface area (Å²) in [6, 6.07) is 1.93. The van der Waals surface area contributed by atoms with Gasteiger partial charge in [-0.15, -0.1) is 0 Å². The first kappa shape index (κ1) is 13.5. The Bertz CT molecular complexity index is 535. The SMILES string of the molecule is CNC(=O)CCCCCCn1cnc2ccncc21. The van der Waals surface area contributed by atoms with Crippen LogP contribution in [0.2, 0.25) is 0 Å². The standard InChI is InChI=1S/C14H20N4O/c1-15-14(19)6-4-2-3-5-9-18-11-17-12-7-8-16-10-13(12)18/h7-8,10-11H,2-6,9H2,1H3,(H,15,19). The number of aryl methyl sites for hydroxylation is 1.